The number of hydrogen-bond donors (Lipinski definition) is 2. The van der Waals surface area contributed by atoms with E-state index in [1.807, 2.05) is 11.6 Å². The standard InChI is InChI=1S/C16H21N3OS/c20-16-6-15(8-17-7-14-11-21-12-18-14)19(10-16)9-13-4-2-1-3-5-13/h1-5,11-12,15-17,20H,6-10H2. The van der Waals surface area contributed by atoms with Crippen LogP contribution in [0, 0.1) is 0 Å². The van der Waals surface area contributed by atoms with Gasteiger partial charge in [0.2, 0.25) is 0 Å². The number of benzene rings is 1. The predicted molar refractivity (Wildman–Crippen MR) is 85.1 cm³/mol. The zero-order chi connectivity index (χ0) is 14.5. The minimum absolute atomic E-state index is 0.209. The van der Waals surface area contributed by atoms with Crippen molar-refractivity contribution in [3.63, 3.8) is 0 Å². The van der Waals surface area contributed by atoms with Gasteiger partial charge in [0.15, 0.2) is 0 Å². The molecular formula is C16H21N3OS. The number of β-amino-alcohol motifs (C(OH)–C–C–N with tert-alkyl or cyclic N) is 1. The summed E-state index contributed by atoms with van der Waals surface area (Å²) in [7, 11) is 0. The number of nitrogens with one attached hydrogen (secondary N) is 1. The molecule has 2 heterocycles. The third kappa shape index (κ3) is 4.11. The maximum absolute atomic E-state index is 9.95. The van der Waals surface area contributed by atoms with Crippen molar-refractivity contribution in [3.8, 4) is 0 Å². The lowest BCUT2D eigenvalue weighted by atomic mass is 10.1. The summed E-state index contributed by atoms with van der Waals surface area (Å²) in [6.07, 6.45) is 0.636. The molecule has 3 rings (SSSR count). The van der Waals surface area contributed by atoms with E-state index in [9.17, 15) is 5.11 Å². The Hall–Kier alpha value is -1.27. The van der Waals surface area contributed by atoms with Gasteiger partial charge in [0, 0.05) is 37.6 Å². The van der Waals surface area contributed by atoms with Gasteiger partial charge in [0.1, 0.15) is 0 Å². The first-order valence-corrected chi connectivity index (χ1v) is 8.29. The van der Waals surface area contributed by atoms with Gasteiger partial charge in [-0.1, -0.05) is 30.3 Å². The molecule has 0 bridgehead atoms. The highest BCUT2D eigenvalue weighted by atomic mass is 32.1. The second-order valence-corrected chi connectivity index (χ2v) is 6.29. The minimum atomic E-state index is -0.209. The fourth-order valence-electron chi connectivity index (χ4n) is 2.87. The van der Waals surface area contributed by atoms with E-state index in [1.54, 1.807) is 11.3 Å². The van der Waals surface area contributed by atoms with Crippen molar-refractivity contribution in [3.05, 3.63) is 52.5 Å². The average Bonchev–Trinajstić information content (AvgIpc) is 3.11. The van der Waals surface area contributed by atoms with Gasteiger partial charge in [-0.3, -0.25) is 4.90 Å². The number of aromatic nitrogens is 1. The largest absolute Gasteiger partial charge is 0.392 e. The van der Waals surface area contributed by atoms with E-state index in [0.29, 0.717) is 6.04 Å². The Balaban J connectivity index is 1.52. The number of rotatable bonds is 6. The maximum atomic E-state index is 9.95. The SMILES string of the molecule is OC1CC(CNCc2cscn2)N(Cc2ccccc2)C1. The zero-order valence-electron chi connectivity index (χ0n) is 12.0. The summed E-state index contributed by atoms with van der Waals surface area (Å²) in [5.74, 6) is 0. The Morgan fingerprint density at radius 1 is 1.33 bits per heavy atom. The van der Waals surface area contributed by atoms with Crippen molar-refractivity contribution in [1.82, 2.24) is 15.2 Å². The van der Waals surface area contributed by atoms with Crippen LogP contribution in [-0.4, -0.2) is 40.2 Å². The van der Waals surface area contributed by atoms with E-state index in [0.717, 1.165) is 38.3 Å². The molecule has 0 aliphatic carbocycles. The molecule has 2 N–H and O–H groups in total. The minimum Gasteiger partial charge on any atom is -0.392 e. The van der Waals surface area contributed by atoms with Crippen LogP contribution in [-0.2, 0) is 13.1 Å². The molecule has 21 heavy (non-hydrogen) atoms. The molecule has 1 aromatic heterocycles. The fraction of sp³-hybridized carbons (Fsp3) is 0.438. The summed E-state index contributed by atoms with van der Waals surface area (Å²) in [5.41, 5.74) is 4.25. The molecule has 2 atom stereocenters. The van der Waals surface area contributed by atoms with Crippen LogP contribution in [0.2, 0.25) is 0 Å². The van der Waals surface area contributed by atoms with E-state index in [4.69, 9.17) is 0 Å². The van der Waals surface area contributed by atoms with E-state index < -0.39 is 0 Å². The monoisotopic (exact) mass is 303 g/mol. The first-order valence-electron chi connectivity index (χ1n) is 7.35. The van der Waals surface area contributed by atoms with Crippen molar-refractivity contribution in [2.24, 2.45) is 0 Å². The van der Waals surface area contributed by atoms with Gasteiger partial charge in [0.25, 0.3) is 0 Å². The normalized spacial score (nSPS) is 22.7. The lowest BCUT2D eigenvalue weighted by Crippen LogP contribution is -2.37. The van der Waals surface area contributed by atoms with E-state index in [-0.39, 0.29) is 6.10 Å². The molecule has 1 saturated heterocycles. The number of nitrogens with zero attached hydrogens (tertiary/aromatic N) is 2. The average molecular weight is 303 g/mol. The van der Waals surface area contributed by atoms with Crippen molar-refractivity contribution in [2.75, 3.05) is 13.1 Å². The molecule has 0 spiro atoms. The summed E-state index contributed by atoms with van der Waals surface area (Å²) in [6.45, 7) is 3.36. The van der Waals surface area contributed by atoms with Crippen LogP contribution < -0.4 is 5.32 Å². The lowest BCUT2D eigenvalue weighted by molar-refractivity contribution is 0.172. The van der Waals surface area contributed by atoms with Crippen molar-refractivity contribution >= 4 is 11.3 Å². The van der Waals surface area contributed by atoms with Crippen LogP contribution in [0.4, 0.5) is 0 Å². The number of thiazole rings is 1. The Morgan fingerprint density at radius 2 is 2.19 bits per heavy atom. The topological polar surface area (TPSA) is 48.4 Å². The van der Waals surface area contributed by atoms with Gasteiger partial charge < -0.3 is 10.4 Å². The molecule has 1 aromatic carbocycles. The van der Waals surface area contributed by atoms with Crippen molar-refractivity contribution < 1.29 is 5.11 Å². The molecule has 1 aliphatic heterocycles. The molecule has 0 radical (unpaired) electrons. The summed E-state index contributed by atoms with van der Waals surface area (Å²) >= 11 is 1.62. The molecular weight excluding hydrogens is 282 g/mol. The first-order chi connectivity index (χ1) is 10.3. The summed E-state index contributed by atoms with van der Waals surface area (Å²) in [4.78, 5) is 6.64. The van der Waals surface area contributed by atoms with Crippen LogP contribution in [0.15, 0.2) is 41.2 Å². The quantitative estimate of drug-likeness (QED) is 0.855. The smallest absolute Gasteiger partial charge is 0.0795 e. The highest BCUT2D eigenvalue weighted by molar-refractivity contribution is 7.07. The molecule has 5 heteroatoms. The van der Waals surface area contributed by atoms with Gasteiger partial charge in [-0.05, 0) is 12.0 Å². The molecule has 0 saturated carbocycles. The molecule has 112 valence electrons. The molecule has 4 nitrogen and oxygen atoms in total. The first kappa shape index (κ1) is 14.7. The van der Waals surface area contributed by atoms with Gasteiger partial charge in [0.05, 0.1) is 17.3 Å². The number of aliphatic hydroxyl groups is 1. The van der Waals surface area contributed by atoms with E-state index >= 15 is 0 Å². The van der Waals surface area contributed by atoms with Gasteiger partial charge in [-0.15, -0.1) is 11.3 Å². The zero-order valence-corrected chi connectivity index (χ0v) is 12.8. The number of hydrogen-bond acceptors (Lipinski definition) is 5. The van der Waals surface area contributed by atoms with Gasteiger partial charge in [-0.2, -0.15) is 0 Å². The van der Waals surface area contributed by atoms with Crippen LogP contribution in [0.5, 0.6) is 0 Å². The summed E-state index contributed by atoms with van der Waals surface area (Å²) < 4.78 is 0. The Labute approximate surface area is 129 Å². The predicted octanol–water partition coefficient (Wildman–Crippen LogP) is 1.87. The van der Waals surface area contributed by atoms with Crippen LogP contribution in [0.1, 0.15) is 17.7 Å². The van der Waals surface area contributed by atoms with Crippen LogP contribution in [0.3, 0.4) is 0 Å². The third-order valence-electron chi connectivity index (χ3n) is 3.90. The van der Waals surface area contributed by atoms with Crippen LogP contribution >= 0.6 is 11.3 Å². The second-order valence-electron chi connectivity index (χ2n) is 5.57. The highest BCUT2D eigenvalue weighted by Gasteiger charge is 2.30. The van der Waals surface area contributed by atoms with E-state index in [2.05, 4.69) is 44.8 Å². The van der Waals surface area contributed by atoms with Crippen LogP contribution in [0.25, 0.3) is 0 Å². The molecule has 2 unspecified atom stereocenters. The molecule has 1 aliphatic rings. The number of aliphatic hydroxyl groups excluding tert-OH is 1. The molecule has 2 aromatic rings. The molecule has 1 fully saturated rings. The third-order valence-corrected chi connectivity index (χ3v) is 4.54. The lowest BCUT2D eigenvalue weighted by Gasteiger charge is -2.24. The molecule has 0 amide bonds. The van der Waals surface area contributed by atoms with Crippen molar-refractivity contribution in [1.29, 1.82) is 0 Å². The highest BCUT2D eigenvalue weighted by Crippen LogP contribution is 2.20. The Kier molecular flexibility index (Phi) is 4.98. The maximum Gasteiger partial charge on any atom is 0.0795 e. The Morgan fingerprint density at radius 3 is 2.95 bits per heavy atom. The van der Waals surface area contributed by atoms with Gasteiger partial charge in [-0.25, -0.2) is 4.98 Å². The second kappa shape index (κ2) is 7.13. The summed E-state index contributed by atoms with van der Waals surface area (Å²) in [5, 5.41) is 15.5. The summed E-state index contributed by atoms with van der Waals surface area (Å²) in [6, 6.07) is 10.8. The number of likely N-dealkylation sites (tertiary alicyclic amines) is 1. The Bertz CT molecular complexity index is 532. The van der Waals surface area contributed by atoms with Gasteiger partial charge >= 0.3 is 0 Å². The fourth-order valence-corrected chi connectivity index (χ4v) is 3.43. The van der Waals surface area contributed by atoms with E-state index in [1.165, 1.54) is 5.56 Å². The van der Waals surface area contributed by atoms with Crippen molar-refractivity contribution in [2.45, 2.75) is 31.7 Å².